The Balaban J connectivity index is 1.93. The molecule has 1 saturated heterocycles. The third kappa shape index (κ3) is 3.30. The van der Waals surface area contributed by atoms with Crippen molar-refractivity contribution in [2.24, 2.45) is 0 Å². The second-order valence-electron chi connectivity index (χ2n) is 5.07. The summed E-state index contributed by atoms with van der Waals surface area (Å²) in [6.45, 7) is 3.69. The zero-order valence-corrected chi connectivity index (χ0v) is 11.1. The standard InChI is InChI=1S/C12H20N4O3/c1-10-3-2-4-11(9-17)15(10)6-5-14-8-12(7-13-14)16(18)19/h7-8,10-11,17H,2-6,9H2,1H3. The van der Waals surface area contributed by atoms with Crippen molar-refractivity contribution in [3.05, 3.63) is 22.5 Å². The Morgan fingerprint density at radius 3 is 2.95 bits per heavy atom. The van der Waals surface area contributed by atoms with Crippen LogP contribution in [0.2, 0.25) is 0 Å². The molecule has 2 rings (SSSR count). The summed E-state index contributed by atoms with van der Waals surface area (Å²) in [6.07, 6.45) is 6.01. The third-order valence-corrected chi connectivity index (χ3v) is 3.82. The summed E-state index contributed by atoms with van der Waals surface area (Å²) in [5.41, 5.74) is 0.0189. The van der Waals surface area contributed by atoms with Gasteiger partial charge < -0.3 is 5.11 Å². The van der Waals surface area contributed by atoms with Gasteiger partial charge in [0.2, 0.25) is 0 Å². The number of hydrogen-bond acceptors (Lipinski definition) is 5. The van der Waals surface area contributed by atoms with Crippen LogP contribution < -0.4 is 0 Å². The van der Waals surface area contributed by atoms with Gasteiger partial charge in [0, 0.05) is 18.6 Å². The zero-order chi connectivity index (χ0) is 13.8. The number of aliphatic hydroxyl groups excluding tert-OH is 1. The molecule has 0 radical (unpaired) electrons. The number of hydrogen-bond donors (Lipinski definition) is 1. The number of nitro groups is 1. The van der Waals surface area contributed by atoms with Crippen LogP contribution in [0.5, 0.6) is 0 Å². The van der Waals surface area contributed by atoms with E-state index in [1.165, 1.54) is 12.4 Å². The minimum Gasteiger partial charge on any atom is -0.395 e. The van der Waals surface area contributed by atoms with Crippen molar-refractivity contribution in [2.75, 3.05) is 13.2 Å². The van der Waals surface area contributed by atoms with E-state index in [0.29, 0.717) is 12.6 Å². The van der Waals surface area contributed by atoms with E-state index in [9.17, 15) is 15.2 Å². The Bertz CT molecular complexity index is 434. The van der Waals surface area contributed by atoms with Gasteiger partial charge in [0.1, 0.15) is 12.4 Å². The summed E-state index contributed by atoms with van der Waals surface area (Å²) in [5, 5.41) is 24.0. The van der Waals surface area contributed by atoms with Gasteiger partial charge in [0.05, 0.1) is 18.1 Å². The molecule has 1 aliphatic rings. The summed E-state index contributed by atoms with van der Waals surface area (Å²) in [4.78, 5) is 12.4. The lowest BCUT2D eigenvalue weighted by molar-refractivity contribution is -0.385. The SMILES string of the molecule is CC1CCCC(CO)N1CCn1cc([N+](=O)[O-])cn1. The normalized spacial score (nSPS) is 24.5. The van der Waals surface area contributed by atoms with Gasteiger partial charge in [0.25, 0.3) is 0 Å². The molecule has 0 bridgehead atoms. The highest BCUT2D eigenvalue weighted by Crippen LogP contribution is 2.22. The number of aromatic nitrogens is 2. The Morgan fingerprint density at radius 1 is 1.53 bits per heavy atom. The first-order chi connectivity index (χ1) is 9.11. The fraction of sp³-hybridized carbons (Fsp3) is 0.750. The summed E-state index contributed by atoms with van der Waals surface area (Å²) in [6, 6.07) is 0.644. The minimum atomic E-state index is -0.441. The lowest BCUT2D eigenvalue weighted by Gasteiger charge is -2.39. The molecular weight excluding hydrogens is 248 g/mol. The van der Waals surface area contributed by atoms with Crippen LogP contribution >= 0.6 is 0 Å². The van der Waals surface area contributed by atoms with Gasteiger partial charge in [-0.2, -0.15) is 5.10 Å². The maximum Gasteiger partial charge on any atom is 0.306 e. The number of likely N-dealkylation sites (tertiary alicyclic amines) is 1. The lowest BCUT2D eigenvalue weighted by atomic mass is 9.97. The summed E-state index contributed by atoms with van der Waals surface area (Å²) >= 11 is 0. The quantitative estimate of drug-likeness (QED) is 0.636. The van der Waals surface area contributed by atoms with Crippen LogP contribution in [0.4, 0.5) is 5.69 Å². The van der Waals surface area contributed by atoms with Crippen molar-refractivity contribution in [3.8, 4) is 0 Å². The van der Waals surface area contributed by atoms with Gasteiger partial charge >= 0.3 is 5.69 Å². The van der Waals surface area contributed by atoms with Crippen LogP contribution in [-0.4, -0.2) is 49.9 Å². The van der Waals surface area contributed by atoms with Gasteiger partial charge in [0.15, 0.2) is 0 Å². The molecule has 1 fully saturated rings. The van der Waals surface area contributed by atoms with E-state index in [-0.39, 0.29) is 18.3 Å². The molecule has 1 N–H and O–H groups in total. The summed E-state index contributed by atoms with van der Waals surface area (Å²) in [5.74, 6) is 0. The van der Waals surface area contributed by atoms with E-state index in [1.54, 1.807) is 4.68 Å². The van der Waals surface area contributed by atoms with E-state index >= 15 is 0 Å². The Morgan fingerprint density at radius 2 is 2.32 bits per heavy atom. The first-order valence-corrected chi connectivity index (χ1v) is 6.65. The second-order valence-corrected chi connectivity index (χ2v) is 5.07. The first kappa shape index (κ1) is 14.0. The van der Waals surface area contributed by atoms with E-state index < -0.39 is 4.92 Å². The van der Waals surface area contributed by atoms with Gasteiger partial charge in [-0.25, -0.2) is 0 Å². The average molecular weight is 268 g/mol. The molecule has 0 aliphatic carbocycles. The fourth-order valence-electron chi connectivity index (χ4n) is 2.73. The van der Waals surface area contributed by atoms with Crippen molar-refractivity contribution in [2.45, 2.75) is 44.8 Å². The zero-order valence-electron chi connectivity index (χ0n) is 11.1. The molecule has 1 aliphatic heterocycles. The highest BCUT2D eigenvalue weighted by atomic mass is 16.6. The van der Waals surface area contributed by atoms with Crippen molar-refractivity contribution in [1.29, 1.82) is 0 Å². The molecule has 0 spiro atoms. The maximum atomic E-state index is 10.6. The third-order valence-electron chi connectivity index (χ3n) is 3.82. The smallest absolute Gasteiger partial charge is 0.306 e. The van der Waals surface area contributed by atoms with Crippen LogP contribution in [0.3, 0.4) is 0 Å². The highest BCUT2D eigenvalue weighted by molar-refractivity contribution is 5.20. The Hall–Kier alpha value is -1.47. The predicted molar refractivity (Wildman–Crippen MR) is 69.8 cm³/mol. The number of aliphatic hydroxyl groups is 1. The molecule has 19 heavy (non-hydrogen) atoms. The molecule has 7 nitrogen and oxygen atoms in total. The topological polar surface area (TPSA) is 84.4 Å². The number of piperidine rings is 1. The largest absolute Gasteiger partial charge is 0.395 e. The molecule has 1 aromatic rings. The molecule has 0 amide bonds. The monoisotopic (exact) mass is 268 g/mol. The van der Waals surface area contributed by atoms with Gasteiger partial charge in [-0.15, -0.1) is 0 Å². The van der Waals surface area contributed by atoms with Crippen LogP contribution in [0, 0.1) is 10.1 Å². The fourth-order valence-corrected chi connectivity index (χ4v) is 2.73. The van der Waals surface area contributed by atoms with Crippen molar-refractivity contribution in [1.82, 2.24) is 14.7 Å². The van der Waals surface area contributed by atoms with Crippen molar-refractivity contribution < 1.29 is 10.0 Å². The van der Waals surface area contributed by atoms with E-state index in [0.717, 1.165) is 25.8 Å². The Kier molecular flexibility index (Phi) is 4.49. The molecule has 0 aromatic carbocycles. The number of nitrogens with zero attached hydrogens (tertiary/aromatic N) is 4. The molecular formula is C12H20N4O3. The van der Waals surface area contributed by atoms with Crippen LogP contribution in [0.15, 0.2) is 12.4 Å². The lowest BCUT2D eigenvalue weighted by Crippen LogP contribution is -2.48. The molecule has 106 valence electrons. The van der Waals surface area contributed by atoms with Crippen molar-refractivity contribution >= 4 is 5.69 Å². The van der Waals surface area contributed by atoms with Gasteiger partial charge in [-0.05, 0) is 19.8 Å². The van der Waals surface area contributed by atoms with Crippen LogP contribution in [0.1, 0.15) is 26.2 Å². The van der Waals surface area contributed by atoms with Crippen molar-refractivity contribution in [3.63, 3.8) is 0 Å². The molecule has 7 heteroatoms. The molecule has 2 heterocycles. The molecule has 0 saturated carbocycles. The second kappa shape index (κ2) is 6.12. The first-order valence-electron chi connectivity index (χ1n) is 6.65. The van der Waals surface area contributed by atoms with E-state index in [4.69, 9.17) is 0 Å². The summed E-state index contributed by atoms with van der Waals surface area (Å²) < 4.78 is 1.59. The Labute approximate surface area is 112 Å². The molecule has 2 unspecified atom stereocenters. The van der Waals surface area contributed by atoms with Gasteiger partial charge in [-0.3, -0.25) is 19.7 Å². The molecule has 1 aromatic heterocycles. The van der Waals surface area contributed by atoms with E-state index in [1.807, 2.05) is 0 Å². The molecule has 2 atom stereocenters. The van der Waals surface area contributed by atoms with Crippen LogP contribution in [0.25, 0.3) is 0 Å². The van der Waals surface area contributed by atoms with E-state index in [2.05, 4.69) is 16.9 Å². The highest BCUT2D eigenvalue weighted by Gasteiger charge is 2.26. The summed E-state index contributed by atoms with van der Waals surface area (Å²) in [7, 11) is 0. The van der Waals surface area contributed by atoms with Gasteiger partial charge in [-0.1, -0.05) is 6.42 Å². The number of rotatable bonds is 5. The predicted octanol–water partition coefficient (Wildman–Crippen LogP) is 1.03. The van der Waals surface area contributed by atoms with Crippen LogP contribution in [-0.2, 0) is 6.54 Å². The maximum absolute atomic E-state index is 10.6. The minimum absolute atomic E-state index is 0.0189. The average Bonchev–Trinajstić information content (AvgIpc) is 2.86.